The fraction of sp³-hybridized carbons (Fsp3) is 0.167. The fourth-order valence-corrected chi connectivity index (χ4v) is 3.92. The zero-order valence-electron chi connectivity index (χ0n) is 18.4. The lowest BCUT2D eigenvalue weighted by Crippen LogP contribution is -2.10. The van der Waals surface area contributed by atoms with Crippen molar-refractivity contribution in [2.75, 3.05) is 0 Å². The summed E-state index contributed by atoms with van der Waals surface area (Å²) in [5.41, 5.74) is -3.46. The summed E-state index contributed by atoms with van der Waals surface area (Å²) in [6.45, 7) is 0. The van der Waals surface area contributed by atoms with Crippen molar-refractivity contribution in [1.82, 2.24) is 0 Å². The van der Waals surface area contributed by atoms with Gasteiger partial charge in [-0.3, -0.25) is 4.79 Å². The van der Waals surface area contributed by atoms with Crippen molar-refractivity contribution in [1.29, 1.82) is 0 Å². The summed E-state index contributed by atoms with van der Waals surface area (Å²) < 4.78 is 113. The van der Waals surface area contributed by atoms with Crippen molar-refractivity contribution >= 4 is 43.6 Å². The van der Waals surface area contributed by atoms with E-state index in [1.165, 1.54) is 12.1 Å². The van der Waals surface area contributed by atoms with E-state index in [-0.39, 0.29) is 20.1 Å². The molecule has 3 rings (SSSR count). The van der Waals surface area contributed by atoms with E-state index in [1.807, 2.05) is 0 Å². The maximum absolute atomic E-state index is 12.8. The number of ketones is 1. The van der Waals surface area contributed by atoms with Gasteiger partial charge in [-0.25, -0.2) is 4.79 Å². The number of hydrogen-bond acceptors (Lipinski definition) is 2. The van der Waals surface area contributed by atoms with Crippen LogP contribution in [0, 0.1) is 0 Å². The summed E-state index contributed by atoms with van der Waals surface area (Å²) in [7, 11) is 0. The van der Waals surface area contributed by atoms with Crippen LogP contribution in [-0.4, -0.2) is 16.9 Å². The molecular formula is C24H13Br2F9O3. The molecule has 0 spiro atoms. The number of benzene rings is 3. The van der Waals surface area contributed by atoms with Crippen LogP contribution in [0.5, 0.6) is 0 Å². The van der Waals surface area contributed by atoms with Gasteiger partial charge in [-0.15, -0.1) is 0 Å². The van der Waals surface area contributed by atoms with Gasteiger partial charge in [-0.2, -0.15) is 39.5 Å². The lowest BCUT2D eigenvalue weighted by atomic mass is 10.00. The van der Waals surface area contributed by atoms with Gasteiger partial charge in [0.2, 0.25) is 0 Å². The Balaban J connectivity index is 0.000000308. The zero-order chi connectivity index (χ0) is 29.1. The van der Waals surface area contributed by atoms with Crippen LogP contribution in [0.2, 0.25) is 0 Å². The molecule has 0 unspecified atom stereocenters. The molecule has 3 aromatic carbocycles. The van der Waals surface area contributed by atoms with E-state index >= 15 is 0 Å². The summed E-state index contributed by atoms with van der Waals surface area (Å²) in [4.78, 5) is 22.6. The molecule has 0 amide bonds. The van der Waals surface area contributed by atoms with Crippen molar-refractivity contribution in [3.05, 3.63) is 103 Å². The number of hydrogen-bond donors (Lipinski definition) is 1. The minimum Gasteiger partial charge on any atom is -0.478 e. The number of carboxylic acid groups (broad SMARTS) is 1. The molecule has 0 radical (unpaired) electrons. The van der Waals surface area contributed by atoms with E-state index in [4.69, 9.17) is 5.11 Å². The first-order chi connectivity index (χ1) is 17.3. The number of rotatable bonds is 4. The molecule has 0 saturated carbocycles. The highest BCUT2D eigenvalue weighted by Gasteiger charge is 2.33. The number of aromatic carboxylic acids is 1. The molecule has 0 heterocycles. The highest BCUT2D eigenvalue weighted by atomic mass is 79.9. The van der Waals surface area contributed by atoms with E-state index < -0.39 is 59.0 Å². The van der Waals surface area contributed by atoms with Crippen LogP contribution in [0.25, 0.3) is 0 Å². The fourth-order valence-electron chi connectivity index (χ4n) is 2.94. The SMILES string of the molecule is O=C(Cc1cccc(C(F)(F)F)c1)c1cc(Br)cc(C(F)(F)F)c1.O=C(O)c1cc(Br)cc(C(F)(F)F)c1. The van der Waals surface area contributed by atoms with Gasteiger partial charge in [-0.1, -0.05) is 50.1 Å². The normalized spacial score (nSPS) is 12.0. The average Bonchev–Trinajstić information content (AvgIpc) is 2.77. The van der Waals surface area contributed by atoms with Crippen molar-refractivity contribution in [2.24, 2.45) is 0 Å². The molecule has 0 fully saturated rings. The van der Waals surface area contributed by atoms with Crippen LogP contribution in [0.15, 0.2) is 69.6 Å². The third kappa shape index (κ3) is 9.15. The van der Waals surface area contributed by atoms with E-state index in [1.54, 1.807) is 0 Å². The van der Waals surface area contributed by atoms with Crippen LogP contribution in [-0.2, 0) is 24.9 Å². The van der Waals surface area contributed by atoms with Crippen LogP contribution in [0.3, 0.4) is 0 Å². The minimum absolute atomic E-state index is 0.0599. The highest BCUT2D eigenvalue weighted by Crippen LogP contribution is 2.34. The summed E-state index contributed by atoms with van der Waals surface area (Å²) in [6, 6.07) is 9.35. The molecule has 0 atom stereocenters. The van der Waals surface area contributed by atoms with E-state index in [0.717, 1.165) is 36.4 Å². The Morgan fingerprint density at radius 3 is 1.53 bits per heavy atom. The Hall–Kier alpha value is -2.87. The molecule has 0 aliphatic heterocycles. The number of carbonyl (C=O) groups excluding carboxylic acids is 1. The van der Waals surface area contributed by atoms with Crippen LogP contribution >= 0.6 is 31.9 Å². The molecule has 204 valence electrons. The monoisotopic (exact) mass is 678 g/mol. The second-order valence-electron chi connectivity index (χ2n) is 7.56. The molecule has 0 aliphatic rings. The molecule has 1 N–H and O–H groups in total. The van der Waals surface area contributed by atoms with Gasteiger partial charge in [0.1, 0.15) is 0 Å². The Labute approximate surface area is 225 Å². The first kappa shape index (κ1) is 31.3. The van der Waals surface area contributed by atoms with Gasteiger partial charge < -0.3 is 5.11 Å². The molecule has 0 aliphatic carbocycles. The number of halogens is 11. The van der Waals surface area contributed by atoms with Gasteiger partial charge in [-0.05, 0) is 48.0 Å². The third-order valence-electron chi connectivity index (χ3n) is 4.64. The Kier molecular flexibility index (Phi) is 9.81. The van der Waals surface area contributed by atoms with Crippen molar-refractivity contribution in [3.8, 4) is 0 Å². The largest absolute Gasteiger partial charge is 0.478 e. The average molecular weight is 680 g/mol. The van der Waals surface area contributed by atoms with Crippen molar-refractivity contribution in [2.45, 2.75) is 24.9 Å². The maximum Gasteiger partial charge on any atom is 0.416 e. The Bertz CT molecular complexity index is 1330. The molecule has 38 heavy (non-hydrogen) atoms. The second-order valence-corrected chi connectivity index (χ2v) is 9.39. The number of carboxylic acids is 1. The van der Waals surface area contributed by atoms with Gasteiger partial charge in [0.05, 0.1) is 22.3 Å². The minimum atomic E-state index is -4.63. The van der Waals surface area contributed by atoms with Crippen LogP contribution in [0.1, 0.15) is 43.0 Å². The predicted molar refractivity (Wildman–Crippen MR) is 125 cm³/mol. The molecule has 0 saturated heterocycles. The third-order valence-corrected chi connectivity index (χ3v) is 5.55. The quantitative estimate of drug-likeness (QED) is 0.221. The molecule has 3 nitrogen and oxygen atoms in total. The highest BCUT2D eigenvalue weighted by molar-refractivity contribution is 9.10. The van der Waals surface area contributed by atoms with Crippen molar-refractivity contribution in [3.63, 3.8) is 0 Å². The molecule has 14 heteroatoms. The zero-order valence-corrected chi connectivity index (χ0v) is 21.6. The van der Waals surface area contributed by atoms with E-state index in [9.17, 15) is 49.1 Å². The van der Waals surface area contributed by atoms with Gasteiger partial charge >= 0.3 is 24.5 Å². The van der Waals surface area contributed by atoms with Gasteiger partial charge in [0, 0.05) is 20.9 Å². The lowest BCUT2D eigenvalue weighted by molar-refractivity contribution is -0.138. The molecular weight excluding hydrogens is 667 g/mol. The van der Waals surface area contributed by atoms with Gasteiger partial charge in [0.25, 0.3) is 0 Å². The van der Waals surface area contributed by atoms with Crippen LogP contribution < -0.4 is 0 Å². The lowest BCUT2D eigenvalue weighted by Gasteiger charge is -2.11. The molecule has 3 aromatic rings. The summed E-state index contributed by atoms with van der Waals surface area (Å²) in [5, 5.41) is 8.51. The maximum atomic E-state index is 12.8. The molecule has 0 aromatic heterocycles. The topological polar surface area (TPSA) is 54.4 Å². The van der Waals surface area contributed by atoms with Gasteiger partial charge in [0.15, 0.2) is 5.78 Å². The summed E-state index contributed by atoms with van der Waals surface area (Å²) in [5.74, 6) is -2.10. The second kappa shape index (κ2) is 11.9. The predicted octanol–water partition coefficient (Wildman–Crippen LogP) is 9.08. The van der Waals surface area contributed by atoms with Crippen LogP contribution in [0.4, 0.5) is 39.5 Å². The Morgan fingerprint density at radius 2 is 1.08 bits per heavy atom. The van der Waals surface area contributed by atoms with E-state index in [2.05, 4.69) is 31.9 Å². The summed E-state index contributed by atoms with van der Waals surface area (Å²) >= 11 is 5.71. The van der Waals surface area contributed by atoms with Crippen molar-refractivity contribution < 1.29 is 54.2 Å². The number of alkyl halides is 9. The first-order valence-corrected chi connectivity index (χ1v) is 11.5. The summed E-state index contributed by atoms with van der Waals surface area (Å²) in [6.07, 6.45) is -14.2. The smallest absolute Gasteiger partial charge is 0.416 e. The standard InChI is InChI=1S/C16H9BrF6O.C8H4BrF3O2/c17-13-7-10(6-12(8-13)16(21,22)23)14(24)5-9-2-1-3-11(4-9)15(18,19)20;9-6-2-4(7(13)14)1-5(3-6)8(10,11)12/h1-4,6-8H,5H2;1-3H,(H,13,14). The number of carbonyl (C=O) groups is 2. The number of Topliss-reactive ketones (excluding diaryl/α,β-unsaturated/α-hetero) is 1. The Morgan fingerprint density at radius 1 is 0.632 bits per heavy atom. The first-order valence-electron chi connectivity index (χ1n) is 9.95. The molecule has 0 bridgehead atoms. The van der Waals surface area contributed by atoms with E-state index in [0.29, 0.717) is 12.1 Å².